The highest BCUT2D eigenvalue weighted by Crippen LogP contribution is 2.32. The molecule has 164 valence electrons. The van der Waals surface area contributed by atoms with Gasteiger partial charge in [-0.15, -0.1) is 0 Å². The molecule has 0 spiro atoms. The summed E-state index contributed by atoms with van der Waals surface area (Å²) in [7, 11) is 0. The molecule has 1 N–H and O–H groups in total. The predicted molar refractivity (Wildman–Crippen MR) is 109 cm³/mol. The lowest BCUT2D eigenvalue weighted by atomic mass is 9.91. The Hall–Kier alpha value is -2.87. The second-order valence-corrected chi connectivity index (χ2v) is 7.99. The summed E-state index contributed by atoms with van der Waals surface area (Å²) in [5.74, 6) is -2.16. The van der Waals surface area contributed by atoms with Gasteiger partial charge in [0, 0.05) is 18.3 Å². The predicted octanol–water partition coefficient (Wildman–Crippen LogP) is 4.35. The zero-order valence-corrected chi connectivity index (χ0v) is 16.8. The van der Waals surface area contributed by atoms with Crippen molar-refractivity contribution in [3.05, 3.63) is 65.2 Å². The van der Waals surface area contributed by atoms with E-state index in [4.69, 9.17) is 0 Å². The van der Waals surface area contributed by atoms with Crippen LogP contribution in [0.3, 0.4) is 0 Å². The first-order chi connectivity index (χ1) is 14.8. The number of piperidine rings is 1. The van der Waals surface area contributed by atoms with Crippen molar-refractivity contribution in [2.24, 2.45) is 0 Å². The Bertz CT molecular complexity index is 928. The third-order valence-corrected chi connectivity index (χ3v) is 5.94. The molecular weight excluding hydrogens is 409 g/mol. The molecule has 1 aliphatic carbocycles. The maximum Gasteiger partial charge on any atom is 0.491 e. The van der Waals surface area contributed by atoms with Crippen molar-refractivity contribution in [2.75, 3.05) is 18.0 Å². The molecule has 8 heteroatoms. The molecule has 4 rings (SSSR count). The van der Waals surface area contributed by atoms with Crippen molar-refractivity contribution in [1.29, 1.82) is 0 Å². The summed E-state index contributed by atoms with van der Waals surface area (Å²) in [5, 5.41) is 3.35. The number of halogens is 3. The van der Waals surface area contributed by atoms with Gasteiger partial charge in [0.05, 0.1) is 0 Å². The Balaban J connectivity index is 1.59. The first-order valence-electron chi connectivity index (χ1n) is 10.3. The maximum absolute atomic E-state index is 12.7. The highest BCUT2D eigenvalue weighted by molar-refractivity contribution is 5.97. The minimum Gasteiger partial charge on any atom is -0.369 e. The largest absolute Gasteiger partial charge is 0.491 e. The molecule has 0 radical (unpaired) electrons. The molecule has 2 aliphatic rings. The van der Waals surface area contributed by atoms with Gasteiger partial charge in [-0.2, -0.15) is 13.2 Å². The molecule has 1 atom stereocenters. The van der Waals surface area contributed by atoms with Crippen LogP contribution in [0, 0.1) is 0 Å². The fourth-order valence-corrected chi connectivity index (χ4v) is 4.41. The van der Waals surface area contributed by atoms with Gasteiger partial charge in [-0.1, -0.05) is 36.4 Å². The number of carbonyl (C=O) groups excluding carboxylic acids is 2. The molecule has 1 fully saturated rings. The normalized spacial score (nSPS) is 19.0. The zero-order valence-electron chi connectivity index (χ0n) is 16.8. The number of hydrogen-bond donors (Lipinski definition) is 1. The summed E-state index contributed by atoms with van der Waals surface area (Å²) in [6.07, 6.45) is -3.48. The van der Waals surface area contributed by atoms with Crippen LogP contribution in [0.25, 0.3) is 0 Å². The molecular formula is C23H23F3N2O3. The molecule has 1 amide bonds. The number of amides is 1. The van der Waals surface area contributed by atoms with Crippen molar-refractivity contribution in [1.82, 2.24) is 5.32 Å². The molecule has 1 saturated heterocycles. The maximum atomic E-state index is 12.7. The van der Waals surface area contributed by atoms with Gasteiger partial charge < -0.3 is 10.1 Å². The van der Waals surface area contributed by atoms with E-state index < -0.39 is 24.3 Å². The third kappa shape index (κ3) is 4.74. The topological polar surface area (TPSA) is 58.6 Å². The first kappa shape index (κ1) is 21.4. The second kappa shape index (κ2) is 8.70. The van der Waals surface area contributed by atoms with Crippen LogP contribution in [0.5, 0.6) is 0 Å². The lowest BCUT2D eigenvalue weighted by molar-refractivity contribution is -0.192. The molecule has 0 bridgehead atoms. The fraction of sp³-hybridized carbons (Fsp3) is 0.391. The molecule has 1 heterocycles. The van der Waals surface area contributed by atoms with Gasteiger partial charge in [0.15, 0.2) is 0 Å². The molecule has 1 unspecified atom stereocenters. The number of anilines is 1. The SMILES string of the molecule is O=C(OC(=O)C(F)(F)F)N(c1ccc(C2CCCNC2)cc1)C1Cc2ccccc2C1. The van der Waals surface area contributed by atoms with Crippen molar-refractivity contribution < 1.29 is 27.5 Å². The lowest BCUT2D eigenvalue weighted by Gasteiger charge is -2.29. The van der Waals surface area contributed by atoms with E-state index in [1.54, 1.807) is 12.1 Å². The van der Waals surface area contributed by atoms with E-state index >= 15 is 0 Å². The molecule has 0 saturated carbocycles. The quantitative estimate of drug-likeness (QED) is 0.579. The summed E-state index contributed by atoms with van der Waals surface area (Å²) in [4.78, 5) is 25.2. The Kier molecular flexibility index (Phi) is 6.00. The van der Waals surface area contributed by atoms with Gasteiger partial charge in [0.2, 0.25) is 0 Å². The Morgan fingerprint density at radius 3 is 2.19 bits per heavy atom. The van der Waals surface area contributed by atoms with Crippen molar-refractivity contribution in [2.45, 2.75) is 43.8 Å². The Labute approximate surface area is 178 Å². The molecule has 2 aromatic carbocycles. The van der Waals surface area contributed by atoms with Crippen LogP contribution in [0.15, 0.2) is 48.5 Å². The molecule has 1 aliphatic heterocycles. The number of nitrogens with one attached hydrogen (secondary N) is 1. The number of esters is 1. The number of benzene rings is 2. The lowest BCUT2D eigenvalue weighted by Crippen LogP contribution is -2.44. The number of fused-ring (bicyclic) bond motifs is 1. The average molecular weight is 432 g/mol. The monoisotopic (exact) mass is 432 g/mol. The summed E-state index contributed by atoms with van der Waals surface area (Å²) >= 11 is 0. The summed E-state index contributed by atoms with van der Waals surface area (Å²) < 4.78 is 42.2. The third-order valence-electron chi connectivity index (χ3n) is 5.94. The van der Waals surface area contributed by atoms with Crippen LogP contribution in [-0.2, 0) is 22.4 Å². The van der Waals surface area contributed by atoms with E-state index in [0.717, 1.165) is 42.6 Å². The van der Waals surface area contributed by atoms with E-state index in [9.17, 15) is 22.8 Å². The second-order valence-electron chi connectivity index (χ2n) is 7.99. The highest BCUT2D eigenvalue weighted by atomic mass is 19.4. The van der Waals surface area contributed by atoms with Crippen LogP contribution in [0.4, 0.5) is 23.7 Å². The molecule has 2 aromatic rings. The summed E-state index contributed by atoms with van der Waals surface area (Å²) in [6.45, 7) is 1.85. The summed E-state index contributed by atoms with van der Waals surface area (Å²) in [5.41, 5.74) is 3.56. The van der Waals surface area contributed by atoms with E-state index in [1.165, 1.54) is 4.90 Å². The number of ether oxygens (including phenoxy) is 1. The Morgan fingerprint density at radius 1 is 1.00 bits per heavy atom. The van der Waals surface area contributed by atoms with Gasteiger partial charge in [0.25, 0.3) is 0 Å². The molecule has 31 heavy (non-hydrogen) atoms. The number of nitrogens with zero attached hydrogens (tertiary/aromatic N) is 1. The van der Waals surface area contributed by atoms with Crippen LogP contribution in [-0.4, -0.2) is 37.4 Å². The Morgan fingerprint density at radius 2 is 1.65 bits per heavy atom. The van der Waals surface area contributed by atoms with E-state index in [1.807, 2.05) is 36.4 Å². The van der Waals surface area contributed by atoms with Gasteiger partial charge in [-0.25, -0.2) is 9.59 Å². The minimum absolute atomic E-state index is 0.353. The zero-order chi connectivity index (χ0) is 22.0. The number of hydrogen-bond acceptors (Lipinski definition) is 4. The number of rotatable bonds is 3. The highest BCUT2D eigenvalue weighted by Gasteiger charge is 2.44. The van der Waals surface area contributed by atoms with Crippen LogP contribution in [0.2, 0.25) is 0 Å². The van der Waals surface area contributed by atoms with Crippen LogP contribution in [0.1, 0.15) is 35.4 Å². The van der Waals surface area contributed by atoms with Gasteiger partial charge in [0.1, 0.15) is 0 Å². The first-order valence-corrected chi connectivity index (χ1v) is 10.3. The standard InChI is InChI=1S/C23H23F3N2O3/c24-23(25,26)21(29)31-22(30)28(20-12-16-4-1-2-5-17(16)13-20)19-9-7-15(8-10-19)18-6-3-11-27-14-18/h1-2,4-5,7-10,18,20,27H,3,6,11-14H2. The van der Waals surface area contributed by atoms with Crippen LogP contribution >= 0.6 is 0 Å². The van der Waals surface area contributed by atoms with Gasteiger partial charge in [-0.05, 0) is 67.0 Å². The van der Waals surface area contributed by atoms with Gasteiger partial charge >= 0.3 is 18.2 Å². The number of alkyl halides is 3. The van der Waals surface area contributed by atoms with Crippen molar-refractivity contribution in [3.8, 4) is 0 Å². The molecule has 0 aromatic heterocycles. The van der Waals surface area contributed by atoms with Crippen molar-refractivity contribution in [3.63, 3.8) is 0 Å². The smallest absolute Gasteiger partial charge is 0.369 e. The van der Waals surface area contributed by atoms with Crippen molar-refractivity contribution >= 4 is 17.7 Å². The van der Waals surface area contributed by atoms with E-state index in [0.29, 0.717) is 24.4 Å². The number of carbonyl (C=O) groups is 2. The van der Waals surface area contributed by atoms with Crippen LogP contribution < -0.4 is 10.2 Å². The minimum atomic E-state index is -5.24. The molecule has 5 nitrogen and oxygen atoms in total. The summed E-state index contributed by atoms with van der Waals surface area (Å²) in [6, 6.07) is 14.4. The fourth-order valence-electron chi connectivity index (χ4n) is 4.41. The van der Waals surface area contributed by atoms with E-state index in [2.05, 4.69) is 10.1 Å². The average Bonchev–Trinajstić information content (AvgIpc) is 3.18. The van der Waals surface area contributed by atoms with E-state index in [-0.39, 0.29) is 0 Å². The van der Waals surface area contributed by atoms with Gasteiger partial charge in [-0.3, -0.25) is 4.90 Å².